The highest BCUT2D eigenvalue weighted by Gasteiger charge is 2.38. The number of methoxy groups -OCH3 is 1. The minimum absolute atomic E-state index is 0.0214. The Balaban J connectivity index is 1.31. The lowest BCUT2D eigenvalue weighted by atomic mass is 10.1. The smallest absolute Gasteiger partial charge is 0.414 e. The third kappa shape index (κ3) is 6.40. The van der Waals surface area contributed by atoms with Gasteiger partial charge in [0.25, 0.3) is 0 Å². The van der Waals surface area contributed by atoms with Gasteiger partial charge in [-0.2, -0.15) is 0 Å². The molecular weight excluding hydrogens is 551 g/mol. The highest BCUT2D eigenvalue weighted by atomic mass is 19.1. The van der Waals surface area contributed by atoms with Gasteiger partial charge >= 0.3 is 12.2 Å². The molecule has 0 bridgehead atoms. The second-order valence-electron chi connectivity index (χ2n) is 10.9. The summed E-state index contributed by atoms with van der Waals surface area (Å²) in [4.78, 5) is 37.0. The number of hydrogen-bond donors (Lipinski definition) is 1. The van der Waals surface area contributed by atoms with Gasteiger partial charge in [-0.05, 0) is 45.4 Å². The SMILES string of the molecule is COc1ccc2ncc(F)c(CN(CC[C@@H](O)[C@H]3CN(c4ccc5c(c4)OCCO5)C(=O)O3)C(=O)OC(C)(C)C)c2n1. The van der Waals surface area contributed by atoms with Crippen LogP contribution in [0.25, 0.3) is 11.0 Å². The van der Waals surface area contributed by atoms with E-state index in [9.17, 15) is 14.7 Å². The number of aliphatic hydroxyl groups excluding tert-OH is 1. The second kappa shape index (κ2) is 11.8. The van der Waals surface area contributed by atoms with E-state index in [1.807, 2.05) is 0 Å². The van der Waals surface area contributed by atoms with Crippen LogP contribution >= 0.6 is 0 Å². The van der Waals surface area contributed by atoms with Crippen LogP contribution in [-0.4, -0.2) is 83.4 Å². The molecular formula is C29H33FN4O8. The number of aliphatic hydroxyl groups is 1. The van der Waals surface area contributed by atoms with E-state index in [1.54, 1.807) is 51.1 Å². The van der Waals surface area contributed by atoms with Crippen LogP contribution in [0.2, 0.25) is 0 Å². The van der Waals surface area contributed by atoms with E-state index in [1.165, 1.54) is 16.9 Å². The molecule has 1 aromatic carbocycles. The fourth-order valence-corrected chi connectivity index (χ4v) is 4.66. The van der Waals surface area contributed by atoms with Crippen LogP contribution in [0, 0.1) is 5.82 Å². The summed E-state index contributed by atoms with van der Waals surface area (Å²) in [5.74, 6) is 0.716. The summed E-state index contributed by atoms with van der Waals surface area (Å²) < 4.78 is 42.4. The molecule has 4 heterocycles. The highest BCUT2D eigenvalue weighted by molar-refractivity contribution is 5.90. The number of halogens is 1. The third-order valence-corrected chi connectivity index (χ3v) is 6.75. The number of rotatable bonds is 8. The van der Waals surface area contributed by atoms with Crippen LogP contribution in [-0.2, 0) is 16.0 Å². The van der Waals surface area contributed by atoms with E-state index in [-0.39, 0.29) is 43.0 Å². The molecule has 1 fully saturated rings. The minimum atomic E-state index is -1.13. The van der Waals surface area contributed by atoms with Gasteiger partial charge in [-0.25, -0.2) is 19.0 Å². The number of benzene rings is 1. The molecule has 2 aromatic heterocycles. The molecule has 0 aliphatic carbocycles. The first-order chi connectivity index (χ1) is 20.0. The van der Waals surface area contributed by atoms with Crippen LogP contribution < -0.4 is 19.1 Å². The van der Waals surface area contributed by atoms with Crippen molar-refractivity contribution in [2.75, 3.05) is 38.3 Å². The molecule has 2 atom stereocenters. The summed E-state index contributed by atoms with van der Waals surface area (Å²) in [5, 5.41) is 11.0. The maximum atomic E-state index is 15.1. The Labute approximate surface area is 241 Å². The van der Waals surface area contributed by atoms with E-state index in [0.29, 0.717) is 35.9 Å². The number of carbonyl (C=O) groups excluding carboxylic acids is 2. The van der Waals surface area contributed by atoms with Crippen LogP contribution in [0.1, 0.15) is 32.8 Å². The predicted octanol–water partition coefficient (Wildman–Crippen LogP) is 4.06. The quantitative estimate of drug-likeness (QED) is 0.413. The third-order valence-electron chi connectivity index (χ3n) is 6.75. The zero-order valence-corrected chi connectivity index (χ0v) is 23.8. The lowest BCUT2D eigenvalue weighted by Crippen LogP contribution is -2.40. The zero-order chi connectivity index (χ0) is 30.0. The van der Waals surface area contributed by atoms with Gasteiger partial charge in [0.15, 0.2) is 11.5 Å². The van der Waals surface area contributed by atoms with Gasteiger partial charge in [0.1, 0.15) is 36.3 Å². The average Bonchev–Trinajstić information content (AvgIpc) is 3.36. The Hall–Kier alpha value is -4.39. The summed E-state index contributed by atoms with van der Waals surface area (Å²) in [5.41, 5.74) is 0.504. The first-order valence-corrected chi connectivity index (χ1v) is 13.5. The molecule has 1 N–H and O–H groups in total. The molecule has 12 nitrogen and oxygen atoms in total. The van der Waals surface area contributed by atoms with Gasteiger partial charge in [-0.1, -0.05) is 0 Å². The van der Waals surface area contributed by atoms with E-state index in [4.69, 9.17) is 23.7 Å². The Kier molecular flexibility index (Phi) is 8.21. The van der Waals surface area contributed by atoms with Gasteiger partial charge in [0.05, 0.1) is 43.7 Å². The molecule has 2 amide bonds. The maximum Gasteiger partial charge on any atom is 0.414 e. The van der Waals surface area contributed by atoms with E-state index in [0.717, 1.165) is 6.20 Å². The number of ether oxygens (including phenoxy) is 5. The van der Waals surface area contributed by atoms with Gasteiger partial charge in [-0.3, -0.25) is 9.88 Å². The molecule has 2 aliphatic heterocycles. The molecule has 0 saturated carbocycles. The Bertz CT molecular complexity index is 1480. The number of fused-ring (bicyclic) bond motifs is 2. The molecule has 13 heteroatoms. The average molecular weight is 585 g/mol. The molecule has 42 heavy (non-hydrogen) atoms. The molecule has 2 aliphatic rings. The Morgan fingerprint density at radius 2 is 1.98 bits per heavy atom. The Morgan fingerprint density at radius 3 is 2.71 bits per heavy atom. The number of aromatic nitrogens is 2. The van der Waals surface area contributed by atoms with E-state index >= 15 is 4.39 Å². The number of amides is 2. The number of cyclic esters (lactones) is 1. The number of hydrogen-bond acceptors (Lipinski definition) is 10. The van der Waals surface area contributed by atoms with Gasteiger partial charge < -0.3 is 33.7 Å². The lowest BCUT2D eigenvalue weighted by molar-refractivity contribution is 0.00638. The first kappa shape index (κ1) is 29.1. The highest BCUT2D eigenvalue weighted by Crippen LogP contribution is 2.35. The maximum absolute atomic E-state index is 15.1. The topological polar surface area (TPSA) is 133 Å². The molecule has 224 valence electrons. The van der Waals surface area contributed by atoms with E-state index < -0.39 is 35.8 Å². The fourth-order valence-electron chi connectivity index (χ4n) is 4.66. The van der Waals surface area contributed by atoms with Crippen LogP contribution in [0.3, 0.4) is 0 Å². The van der Waals surface area contributed by atoms with Crippen molar-refractivity contribution in [3.8, 4) is 17.4 Å². The van der Waals surface area contributed by atoms with Gasteiger partial charge in [-0.15, -0.1) is 0 Å². The summed E-state index contributed by atoms with van der Waals surface area (Å²) in [6.45, 7) is 5.85. The number of pyridine rings is 2. The van der Waals surface area contributed by atoms with Crippen LogP contribution in [0.15, 0.2) is 36.5 Å². The summed E-state index contributed by atoms with van der Waals surface area (Å²) >= 11 is 0. The molecule has 0 radical (unpaired) electrons. The molecule has 0 spiro atoms. The van der Waals surface area contributed by atoms with Crippen molar-refractivity contribution in [2.24, 2.45) is 0 Å². The summed E-state index contributed by atoms with van der Waals surface area (Å²) in [7, 11) is 1.44. The summed E-state index contributed by atoms with van der Waals surface area (Å²) in [6.07, 6.45) is -2.23. The monoisotopic (exact) mass is 584 g/mol. The van der Waals surface area contributed by atoms with Crippen molar-refractivity contribution in [1.82, 2.24) is 14.9 Å². The minimum Gasteiger partial charge on any atom is -0.486 e. The fraction of sp³-hybridized carbons (Fsp3) is 0.448. The standard InChI is InChI=1S/C29H33FN4O8/c1-29(2,3)42-27(36)33(15-18-19(30)14-31-20-6-8-25(38-4)32-26(18)20)10-9-21(35)24-16-34(28(37)41-24)17-5-7-22-23(13-17)40-12-11-39-22/h5-8,13-14,21,24,35H,9-12,15-16H2,1-4H3/t21-,24-/m1/s1. The number of carbonyl (C=O) groups is 2. The molecule has 3 aromatic rings. The molecule has 5 rings (SSSR count). The number of nitrogens with zero attached hydrogens (tertiary/aromatic N) is 4. The van der Waals surface area contributed by atoms with Crippen molar-refractivity contribution in [1.29, 1.82) is 0 Å². The van der Waals surface area contributed by atoms with Gasteiger partial charge in [0, 0.05) is 24.2 Å². The normalized spacial score (nSPS) is 17.1. The molecule has 0 unspecified atom stereocenters. The van der Waals surface area contributed by atoms with Crippen molar-refractivity contribution < 1.29 is 42.8 Å². The zero-order valence-electron chi connectivity index (χ0n) is 23.8. The predicted molar refractivity (Wildman–Crippen MR) is 148 cm³/mol. The number of anilines is 1. The van der Waals surface area contributed by atoms with Crippen molar-refractivity contribution in [3.63, 3.8) is 0 Å². The summed E-state index contributed by atoms with van der Waals surface area (Å²) in [6, 6.07) is 8.37. The van der Waals surface area contributed by atoms with Crippen LogP contribution in [0.4, 0.5) is 19.7 Å². The molecule has 1 saturated heterocycles. The Morgan fingerprint density at radius 1 is 1.21 bits per heavy atom. The first-order valence-electron chi connectivity index (χ1n) is 13.5. The lowest BCUT2D eigenvalue weighted by Gasteiger charge is -2.29. The largest absolute Gasteiger partial charge is 0.486 e. The van der Waals surface area contributed by atoms with Crippen molar-refractivity contribution in [2.45, 2.75) is 51.5 Å². The van der Waals surface area contributed by atoms with Gasteiger partial charge in [0.2, 0.25) is 5.88 Å². The van der Waals surface area contributed by atoms with Crippen molar-refractivity contribution >= 4 is 28.9 Å². The van der Waals surface area contributed by atoms with E-state index in [2.05, 4.69) is 9.97 Å². The second-order valence-corrected chi connectivity index (χ2v) is 10.9. The van der Waals surface area contributed by atoms with Crippen LogP contribution in [0.5, 0.6) is 17.4 Å². The van der Waals surface area contributed by atoms with Crippen molar-refractivity contribution in [3.05, 3.63) is 47.9 Å².